The zero-order valence-corrected chi connectivity index (χ0v) is 8.03. The van der Waals surface area contributed by atoms with Crippen LogP contribution in [0.4, 0.5) is 5.82 Å². The van der Waals surface area contributed by atoms with E-state index in [-0.39, 0.29) is 0 Å². The summed E-state index contributed by atoms with van der Waals surface area (Å²) in [7, 11) is 0. The lowest BCUT2D eigenvalue weighted by Crippen LogP contribution is -2.17. The smallest absolute Gasteiger partial charge is 0.145 e. The van der Waals surface area contributed by atoms with Crippen molar-refractivity contribution in [2.75, 3.05) is 5.32 Å². The van der Waals surface area contributed by atoms with Crippen molar-refractivity contribution in [3.8, 4) is 0 Å². The predicted molar refractivity (Wildman–Crippen MR) is 51.6 cm³/mol. The van der Waals surface area contributed by atoms with Gasteiger partial charge >= 0.3 is 0 Å². The molecule has 4 heteroatoms. The van der Waals surface area contributed by atoms with Gasteiger partial charge in [0.25, 0.3) is 0 Å². The van der Waals surface area contributed by atoms with Gasteiger partial charge in [-0.2, -0.15) is 0 Å². The lowest BCUT2D eigenvalue weighted by molar-refractivity contribution is 0.621. The molecule has 0 aliphatic heterocycles. The number of anilines is 1. The van der Waals surface area contributed by atoms with Crippen LogP contribution in [0.25, 0.3) is 0 Å². The number of hydrogen-bond donors (Lipinski definition) is 1. The van der Waals surface area contributed by atoms with Gasteiger partial charge in [-0.1, -0.05) is 18.1 Å². The fraction of sp³-hybridized carbons (Fsp3) is 0.778. The molecular formula is C9H16N4. The third-order valence-corrected chi connectivity index (χ3v) is 2.62. The maximum Gasteiger partial charge on any atom is 0.145 e. The van der Waals surface area contributed by atoms with Crippen molar-refractivity contribution in [3.63, 3.8) is 0 Å². The van der Waals surface area contributed by atoms with Crippen molar-refractivity contribution in [1.82, 2.24) is 15.0 Å². The van der Waals surface area contributed by atoms with Crippen LogP contribution in [0.3, 0.4) is 0 Å². The molecule has 0 saturated heterocycles. The molecule has 0 atom stereocenters. The Labute approximate surface area is 78.3 Å². The molecule has 4 nitrogen and oxygen atoms in total. The Hall–Kier alpha value is -1.06. The van der Waals surface area contributed by atoms with Crippen molar-refractivity contribution in [3.05, 3.63) is 6.20 Å². The minimum Gasteiger partial charge on any atom is -0.366 e. The molecule has 2 rings (SSSR count). The van der Waals surface area contributed by atoms with Crippen molar-refractivity contribution in [1.29, 1.82) is 0 Å². The van der Waals surface area contributed by atoms with Gasteiger partial charge in [-0.25, -0.2) is 4.68 Å². The van der Waals surface area contributed by atoms with Crippen LogP contribution >= 0.6 is 0 Å². The highest BCUT2D eigenvalue weighted by atomic mass is 15.4. The third-order valence-electron chi connectivity index (χ3n) is 2.62. The summed E-state index contributed by atoms with van der Waals surface area (Å²) in [6.45, 7) is 2.96. The molecule has 0 amide bonds. The van der Waals surface area contributed by atoms with Gasteiger partial charge in [0.05, 0.1) is 6.20 Å². The van der Waals surface area contributed by atoms with Crippen LogP contribution in [-0.2, 0) is 6.54 Å². The highest BCUT2D eigenvalue weighted by Gasteiger charge is 2.15. The zero-order chi connectivity index (χ0) is 9.10. The number of aromatic nitrogens is 3. The van der Waals surface area contributed by atoms with E-state index in [1.54, 1.807) is 0 Å². The highest BCUT2D eigenvalue weighted by Crippen LogP contribution is 2.21. The molecule has 0 radical (unpaired) electrons. The molecule has 1 heterocycles. The lowest BCUT2D eigenvalue weighted by Gasteiger charge is -2.12. The van der Waals surface area contributed by atoms with E-state index in [0.717, 1.165) is 12.4 Å². The van der Waals surface area contributed by atoms with Crippen molar-refractivity contribution in [2.24, 2.45) is 0 Å². The second kappa shape index (κ2) is 3.77. The first-order chi connectivity index (χ1) is 6.40. The summed E-state index contributed by atoms with van der Waals surface area (Å²) >= 11 is 0. The van der Waals surface area contributed by atoms with Gasteiger partial charge in [0.1, 0.15) is 5.82 Å². The Balaban J connectivity index is 1.99. The highest BCUT2D eigenvalue weighted by molar-refractivity contribution is 5.32. The first-order valence-corrected chi connectivity index (χ1v) is 5.05. The largest absolute Gasteiger partial charge is 0.366 e. The topological polar surface area (TPSA) is 42.7 Å². The molecule has 0 spiro atoms. The summed E-state index contributed by atoms with van der Waals surface area (Å²) in [5.41, 5.74) is 0. The minimum absolute atomic E-state index is 0.642. The maximum absolute atomic E-state index is 3.98. The summed E-state index contributed by atoms with van der Waals surface area (Å²) < 4.78 is 1.90. The SMILES string of the molecule is CCn1nncc1NC1CCCC1. The van der Waals surface area contributed by atoms with Crippen LogP contribution in [-0.4, -0.2) is 21.0 Å². The molecule has 1 aliphatic rings. The molecule has 0 aromatic carbocycles. The summed E-state index contributed by atoms with van der Waals surface area (Å²) in [6, 6.07) is 0.642. The van der Waals surface area contributed by atoms with Crippen molar-refractivity contribution < 1.29 is 0 Å². The first-order valence-electron chi connectivity index (χ1n) is 5.05. The van der Waals surface area contributed by atoms with Crippen LogP contribution in [0.1, 0.15) is 32.6 Å². The van der Waals surface area contributed by atoms with E-state index in [4.69, 9.17) is 0 Å². The van der Waals surface area contributed by atoms with E-state index in [2.05, 4.69) is 22.6 Å². The summed E-state index contributed by atoms with van der Waals surface area (Å²) in [6.07, 6.45) is 7.09. The van der Waals surface area contributed by atoms with Crippen molar-refractivity contribution in [2.45, 2.75) is 45.2 Å². The molecule has 1 N–H and O–H groups in total. The molecule has 1 aromatic rings. The van der Waals surface area contributed by atoms with Crippen LogP contribution < -0.4 is 5.32 Å². The molecule has 72 valence electrons. The van der Waals surface area contributed by atoms with E-state index in [1.807, 2.05) is 10.9 Å². The normalized spacial score (nSPS) is 17.9. The molecule has 1 aliphatic carbocycles. The van der Waals surface area contributed by atoms with E-state index in [0.29, 0.717) is 6.04 Å². The minimum atomic E-state index is 0.642. The maximum atomic E-state index is 3.98. The number of nitrogens with zero attached hydrogens (tertiary/aromatic N) is 3. The van der Waals surface area contributed by atoms with Crippen LogP contribution in [0.15, 0.2) is 6.20 Å². The van der Waals surface area contributed by atoms with Gasteiger partial charge in [0.2, 0.25) is 0 Å². The van der Waals surface area contributed by atoms with Gasteiger partial charge in [-0.3, -0.25) is 0 Å². The van der Waals surface area contributed by atoms with Gasteiger partial charge < -0.3 is 5.32 Å². The Morgan fingerprint density at radius 3 is 3.00 bits per heavy atom. The molecule has 1 aromatic heterocycles. The monoisotopic (exact) mass is 180 g/mol. The third kappa shape index (κ3) is 1.82. The number of nitrogens with one attached hydrogen (secondary N) is 1. The molecule has 0 bridgehead atoms. The number of hydrogen-bond acceptors (Lipinski definition) is 3. The first kappa shape index (κ1) is 8.53. The molecule has 0 unspecified atom stereocenters. The van der Waals surface area contributed by atoms with Crippen molar-refractivity contribution >= 4 is 5.82 Å². The summed E-state index contributed by atoms with van der Waals surface area (Å²) in [5, 5.41) is 11.3. The zero-order valence-electron chi connectivity index (χ0n) is 8.03. The molecular weight excluding hydrogens is 164 g/mol. The van der Waals surface area contributed by atoms with Crippen LogP contribution in [0.5, 0.6) is 0 Å². The quantitative estimate of drug-likeness (QED) is 0.769. The average molecular weight is 180 g/mol. The summed E-state index contributed by atoms with van der Waals surface area (Å²) in [5.74, 6) is 1.06. The Kier molecular flexibility index (Phi) is 2.47. The van der Waals surface area contributed by atoms with Gasteiger partial charge in [-0.15, -0.1) is 5.10 Å². The van der Waals surface area contributed by atoms with E-state index in [9.17, 15) is 0 Å². The Morgan fingerprint density at radius 2 is 2.31 bits per heavy atom. The standard InChI is InChI=1S/C9H16N4/c1-2-13-9(7-10-12-13)11-8-5-3-4-6-8/h7-8,11H,2-6H2,1H3. The Morgan fingerprint density at radius 1 is 1.54 bits per heavy atom. The van der Waals surface area contributed by atoms with Gasteiger partial charge in [0.15, 0.2) is 0 Å². The lowest BCUT2D eigenvalue weighted by atomic mass is 10.2. The second-order valence-corrected chi connectivity index (χ2v) is 3.56. The van der Waals surface area contributed by atoms with E-state index in [1.165, 1.54) is 25.7 Å². The Bertz CT molecular complexity index is 262. The average Bonchev–Trinajstić information content (AvgIpc) is 2.76. The number of aryl methyl sites for hydroxylation is 1. The van der Waals surface area contributed by atoms with E-state index < -0.39 is 0 Å². The van der Waals surface area contributed by atoms with E-state index >= 15 is 0 Å². The summed E-state index contributed by atoms with van der Waals surface area (Å²) in [4.78, 5) is 0. The molecule has 1 fully saturated rings. The van der Waals surface area contributed by atoms with Crippen LogP contribution in [0, 0.1) is 0 Å². The van der Waals surface area contributed by atoms with Gasteiger partial charge in [0, 0.05) is 12.6 Å². The second-order valence-electron chi connectivity index (χ2n) is 3.56. The fourth-order valence-electron chi connectivity index (χ4n) is 1.88. The predicted octanol–water partition coefficient (Wildman–Crippen LogP) is 1.65. The molecule has 1 saturated carbocycles. The van der Waals surface area contributed by atoms with Gasteiger partial charge in [-0.05, 0) is 19.8 Å². The number of rotatable bonds is 3. The van der Waals surface area contributed by atoms with Crippen LogP contribution in [0.2, 0.25) is 0 Å². The fourth-order valence-corrected chi connectivity index (χ4v) is 1.88. The molecule has 13 heavy (non-hydrogen) atoms.